The van der Waals surface area contributed by atoms with Crippen molar-refractivity contribution in [3.8, 4) is 0 Å². The zero-order valence-corrected chi connectivity index (χ0v) is 16.0. The third kappa shape index (κ3) is 3.64. The highest BCUT2D eigenvalue weighted by Crippen LogP contribution is 2.54. The van der Waals surface area contributed by atoms with E-state index in [0.717, 1.165) is 38.5 Å². The van der Waals surface area contributed by atoms with Crippen molar-refractivity contribution < 1.29 is 9.53 Å². The van der Waals surface area contributed by atoms with Crippen LogP contribution in [0.1, 0.15) is 58.8 Å². The molecule has 0 aromatic heterocycles. The highest BCUT2D eigenvalue weighted by molar-refractivity contribution is 5.81. The maximum atomic E-state index is 11.9. The lowest BCUT2D eigenvalue weighted by Gasteiger charge is -2.54. The highest BCUT2D eigenvalue weighted by Gasteiger charge is 2.57. The molecule has 6 heteroatoms. The van der Waals surface area contributed by atoms with Crippen molar-refractivity contribution in [1.29, 1.82) is 0 Å². The summed E-state index contributed by atoms with van der Waals surface area (Å²) in [4.78, 5) is 18.2. The topological polar surface area (TPSA) is 66.0 Å². The highest BCUT2D eigenvalue weighted by atomic mass is 16.5. The Morgan fingerprint density at radius 3 is 2.68 bits per heavy atom. The SMILES string of the molecule is CCOC1CC(NC(=NC)NC2CCN(C(=O)CC)C2)C12CCCC2. The quantitative estimate of drug-likeness (QED) is 0.587. The van der Waals surface area contributed by atoms with E-state index in [1.807, 2.05) is 18.9 Å². The summed E-state index contributed by atoms with van der Waals surface area (Å²) in [6.07, 6.45) is 8.18. The molecule has 0 bridgehead atoms. The van der Waals surface area contributed by atoms with Crippen molar-refractivity contribution in [2.45, 2.75) is 77.0 Å². The van der Waals surface area contributed by atoms with Crippen LogP contribution in [0.15, 0.2) is 4.99 Å². The Bertz CT molecular complexity index is 502. The minimum Gasteiger partial charge on any atom is -0.378 e. The normalized spacial score (nSPS) is 31.2. The maximum absolute atomic E-state index is 11.9. The van der Waals surface area contributed by atoms with E-state index in [1.54, 1.807) is 0 Å². The molecule has 1 aliphatic heterocycles. The largest absolute Gasteiger partial charge is 0.378 e. The Labute approximate surface area is 151 Å². The standard InChI is InChI=1S/C19H34N4O2/c1-4-17(24)23-11-8-14(13-23)21-18(20-3)22-15-12-16(25-5-2)19(15)9-6-7-10-19/h14-16H,4-13H2,1-3H3,(H2,20,21,22). The fourth-order valence-electron chi connectivity index (χ4n) is 4.95. The Hall–Kier alpha value is -1.30. The van der Waals surface area contributed by atoms with Gasteiger partial charge in [0.25, 0.3) is 0 Å². The fraction of sp³-hybridized carbons (Fsp3) is 0.895. The Morgan fingerprint density at radius 1 is 1.28 bits per heavy atom. The van der Waals surface area contributed by atoms with Crippen LogP contribution in [-0.4, -0.2) is 61.7 Å². The van der Waals surface area contributed by atoms with Gasteiger partial charge < -0.3 is 20.3 Å². The summed E-state index contributed by atoms with van der Waals surface area (Å²) in [5.74, 6) is 1.12. The third-order valence-corrected chi connectivity index (χ3v) is 6.41. The molecule has 1 saturated heterocycles. The minimum absolute atomic E-state index is 0.246. The molecular weight excluding hydrogens is 316 g/mol. The number of amides is 1. The van der Waals surface area contributed by atoms with Gasteiger partial charge in [-0.05, 0) is 32.6 Å². The average molecular weight is 351 g/mol. The van der Waals surface area contributed by atoms with Crippen LogP contribution in [0.25, 0.3) is 0 Å². The van der Waals surface area contributed by atoms with E-state index in [1.165, 1.54) is 25.7 Å². The summed E-state index contributed by atoms with van der Waals surface area (Å²) >= 11 is 0. The molecule has 2 N–H and O–H groups in total. The lowest BCUT2D eigenvalue weighted by atomic mass is 9.60. The summed E-state index contributed by atoms with van der Waals surface area (Å²) in [6.45, 7) is 6.45. The zero-order chi connectivity index (χ0) is 17.9. The van der Waals surface area contributed by atoms with E-state index in [2.05, 4.69) is 22.5 Å². The Balaban J connectivity index is 1.54. The number of rotatable bonds is 5. The van der Waals surface area contributed by atoms with Crippen molar-refractivity contribution in [1.82, 2.24) is 15.5 Å². The van der Waals surface area contributed by atoms with Gasteiger partial charge in [-0.15, -0.1) is 0 Å². The molecule has 142 valence electrons. The van der Waals surface area contributed by atoms with E-state index in [4.69, 9.17) is 4.74 Å². The van der Waals surface area contributed by atoms with Crippen molar-refractivity contribution in [2.75, 3.05) is 26.7 Å². The molecule has 1 heterocycles. The third-order valence-electron chi connectivity index (χ3n) is 6.41. The van der Waals surface area contributed by atoms with Gasteiger partial charge in [0.05, 0.1) is 6.10 Å². The summed E-state index contributed by atoms with van der Waals surface area (Å²) < 4.78 is 6.00. The van der Waals surface area contributed by atoms with Gasteiger partial charge in [0, 0.05) is 50.7 Å². The molecule has 3 atom stereocenters. The van der Waals surface area contributed by atoms with Gasteiger partial charge in [0.2, 0.25) is 5.91 Å². The van der Waals surface area contributed by atoms with E-state index in [-0.39, 0.29) is 5.91 Å². The molecule has 0 aromatic rings. The Kier molecular flexibility index (Phi) is 5.87. The van der Waals surface area contributed by atoms with Gasteiger partial charge in [-0.1, -0.05) is 19.8 Å². The first-order valence-electron chi connectivity index (χ1n) is 10.0. The van der Waals surface area contributed by atoms with Crippen LogP contribution in [0, 0.1) is 5.41 Å². The number of carbonyl (C=O) groups is 1. The molecule has 6 nitrogen and oxygen atoms in total. The molecule has 3 aliphatic rings. The van der Waals surface area contributed by atoms with Crippen LogP contribution in [0.4, 0.5) is 0 Å². The predicted octanol–water partition coefficient (Wildman–Crippen LogP) is 1.90. The van der Waals surface area contributed by atoms with Crippen molar-refractivity contribution >= 4 is 11.9 Å². The summed E-state index contributed by atoms with van der Waals surface area (Å²) in [6, 6.07) is 0.747. The van der Waals surface area contributed by atoms with Crippen LogP contribution in [0.2, 0.25) is 0 Å². The predicted molar refractivity (Wildman–Crippen MR) is 99.6 cm³/mol. The van der Waals surface area contributed by atoms with Crippen LogP contribution < -0.4 is 10.6 Å². The van der Waals surface area contributed by atoms with Gasteiger partial charge >= 0.3 is 0 Å². The lowest BCUT2D eigenvalue weighted by Crippen LogP contribution is -2.65. The number of carbonyl (C=O) groups excluding carboxylic acids is 1. The minimum atomic E-state index is 0.246. The second-order valence-corrected chi connectivity index (χ2v) is 7.71. The number of aliphatic imine (C=N–C) groups is 1. The van der Waals surface area contributed by atoms with Gasteiger partial charge in [-0.3, -0.25) is 9.79 Å². The Morgan fingerprint density at radius 2 is 2.04 bits per heavy atom. The lowest BCUT2D eigenvalue weighted by molar-refractivity contribution is -0.129. The number of hydrogen-bond donors (Lipinski definition) is 2. The van der Waals surface area contributed by atoms with Gasteiger partial charge in [0.1, 0.15) is 0 Å². The van der Waals surface area contributed by atoms with E-state index in [9.17, 15) is 4.79 Å². The van der Waals surface area contributed by atoms with E-state index >= 15 is 0 Å². The molecule has 1 amide bonds. The number of guanidine groups is 1. The molecule has 3 unspecified atom stereocenters. The second-order valence-electron chi connectivity index (χ2n) is 7.71. The second kappa shape index (κ2) is 7.94. The van der Waals surface area contributed by atoms with Crippen LogP contribution in [0.5, 0.6) is 0 Å². The van der Waals surface area contributed by atoms with Crippen molar-refractivity contribution in [3.63, 3.8) is 0 Å². The molecule has 2 aliphatic carbocycles. The number of ether oxygens (including phenoxy) is 1. The monoisotopic (exact) mass is 350 g/mol. The number of nitrogens with zero attached hydrogens (tertiary/aromatic N) is 2. The molecular formula is C19H34N4O2. The molecule has 1 spiro atoms. The smallest absolute Gasteiger partial charge is 0.222 e. The van der Waals surface area contributed by atoms with Crippen molar-refractivity contribution in [3.05, 3.63) is 0 Å². The number of hydrogen-bond acceptors (Lipinski definition) is 3. The molecule has 3 fully saturated rings. The van der Waals surface area contributed by atoms with Crippen LogP contribution >= 0.6 is 0 Å². The van der Waals surface area contributed by atoms with Crippen molar-refractivity contribution in [2.24, 2.45) is 10.4 Å². The molecule has 2 saturated carbocycles. The summed E-state index contributed by atoms with van der Waals surface area (Å²) in [5, 5.41) is 7.20. The van der Waals surface area contributed by atoms with Crippen LogP contribution in [0.3, 0.4) is 0 Å². The first-order valence-corrected chi connectivity index (χ1v) is 10.0. The van der Waals surface area contributed by atoms with Gasteiger partial charge in [0.15, 0.2) is 5.96 Å². The van der Waals surface area contributed by atoms with E-state index in [0.29, 0.717) is 30.0 Å². The number of nitrogens with one attached hydrogen (secondary N) is 2. The fourth-order valence-corrected chi connectivity index (χ4v) is 4.95. The average Bonchev–Trinajstić information content (AvgIpc) is 3.30. The van der Waals surface area contributed by atoms with Gasteiger partial charge in [-0.2, -0.15) is 0 Å². The van der Waals surface area contributed by atoms with Crippen LogP contribution in [-0.2, 0) is 9.53 Å². The summed E-state index contributed by atoms with van der Waals surface area (Å²) in [5.41, 5.74) is 0.299. The number of likely N-dealkylation sites (tertiary alicyclic amines) is 1. The van der Waals surface area contributed by atoms with E-state index < -0.39 is 0 Å². The first-order chi connectivity index (χ1) is 12.1. The molecule has 25 heavy (non-hydrogen) atoms. The first kappa shape index (κ1) is 18.5. The maximum Gasteiger partial charge on any atom is 0.222 e. The molecule has 0 radical (unpaired) electrons. The molecule has 3 rings (SSSR count). The zero-order valence-electron chi connectivity index (χ0n) is 16.0. The molecule has 0 aromatic carbocycles. The summed E-state index contributed by atoms with van der Waals surface area (Å²) in [7, 11) is 1.83. The van der Waals surface area contributed by atoms with Gasteiger partial charge in [-0.25, -0.2) is 0 Å².